The van der Waals surface area contributed by atoms with Gasteiger partial charge in [-0.05, 0) is 30.5 Å². The quantitative estimate of drug-likeness (QED) is 0.199. The summed E-state index contributed by atoms with van der Waals surface area (Å²) in [6.45, 7) is 1.29. The normalized spacial score (nSPS) is 11.9. The van der Waals surface area contributed by atoms with E-state index in [4.69, 9.17) is 9.47 Å². The molecule has 5 aromatic rings. The van der Waals surface area contributed by atoms with Crippen LogP contribution in [-0.4, -0.2) is 39.3 Å². The van der Waals surface area contributed by atoms with Crippen LogP contribution in [0.4, 0.5) is 22.0 Å². The summed E-state index contributed by atoms with van der Waals surface area (Å²) in [5, 5.41) is 5.82. The highest BCUT2D eigenvalue weighted by Crippen LogP contribution is 2.37. The molecule has 0 atom stereocenters. The summed E-state index contributed by atoms with van der Waals surface area (Å²) >= 11 is 1.29. The fourth-order valence-electron chi connectivity index (χ4n) is 3.83. The number of rotatable bonds is 5. The van der Waals surface area contributed by atoms with E-state index < -0.39 is 46.2 Å². The van der Waals surface area contributed by atoms with Gasteiger partial charge in [-0.15, -0.1) is 16.4 Å². The fraction of sp³-hybridized carbons (Fsp3) is 0.167. The van der Waals surface area contributed by atoms with Gasteiger partial charge in [0.15, 0.2) is 17.0 Å². The number of aromatic nitrogens is 4. The second kappa shape index (κ2) is 9.07. The van der Waals surface area contributed by atoms with Crippen molar-refractivity contribution in [3.63, 3.8) is 0 Å². The number of nitrogens with zero attached hydrogens (tertiary/aromatic N) is 4. The second-order valence-electron chi connectivity index (χ2n) is 7.68. The van der Waals surface area contributed by atoms with Crippen LogP contribution in [-0.2, 0) is 10.9 Å². The van der Waals surface area contributed by atoms with Crippen molar-refractivity contribution in [1.82, 2.24) is 19.6 Å². The van der Waals surface area contributed by atoms with Crippen LogP contribution in [0.1, 0.15) is 23.0 Å². The molecule has 190 valence electrons. The van der Waals surface area contributed by atoms with Crippen molar-refractivity contribution < 1.29 is 36.2 Å². The van der Waals surface area contributed by atoms with E-state index in [9.17, 15) is 18.0 Å². The molecule has 0 aliphatic rings. The molecule has 0 spiro atoms. The molecule has 37 heavy (non-hydrogen) atoms. The maximum absolute atomic E-state index is 15.1. The molecule has 0 radical (unpaired) electrons. The Hall–Kier alpha value is -4.13. The summed E-state index contributed by atoms with van der Waals surface area (Å²) in [6.07, 6.45) is -5.00. The number of pyridine rings is 1. The monoisotopic (exact) mass is 534 g/mol. The van der Waals surface area contributed by atoms with Gasteiger partial charge in [0.05, 0.1) is 46.5 Å². The molecule has 4 aromatic heterocycles. The minimum Gasteiger partial charge on any atom is -0.497 e. The summed E-state index contributed by atoms with van der Waals surface area (Å²) in [5.74, 6) is -3.27. The van der Waals surface area contributed by atoms with E-state index in [0.717, 1.165) is 22.7 Å². The highest BCUT2D eigenvalue weighted by molar-refractivity contribution is 7.13. The van der Waals surface area contributed by atoms with Crippen molar-refractivity contribution >= 4 is 34.0 Å². The van der Waals surface area contributed by atoms with E-state index in [-0.39, 0.29) is 34.8 Å². The van der Waals surface area contributed by atoms with Crippen LogP contribution in [0.5, 0.6) is 5.75 Å². The van der Waals surface area contributed by atoms with Gasteiger partial charge >= 0.3 is 12.1 Å². The zero-order valence-corrected chi connectivity index (χ0v) is 19.9. The van der Waals surface area contributed by atoms with Gasteiger partial charge in [0, 0.05) is 12.1 Å². The Morgan fingerprint density at radius 3 is 2.43 bits per heavy atom. The average molecular weight is 534 g/mol. The zero-order valence-electron chi connectivity index (χ0n) is 19.1. The molecule has 0 unspecified atom stereocenters. The first-order valence-electron chi connectivity index (χ1n) is 10.7. The predicted octanol–water partition coefficient (Wildman–Crippen LogP) is 6.16. The van der Waals surface area contributed by atoms with Crippen molar-refractivity contribution in [3.8, 4) is 27.6 Å². The summed E-state index contributed by atoms with van der Waals surface area (Å²) in [7, 11) is 1.25. The Morgan fingerprint density at radius 2 is 1.84 bits per heavy atom. The molecule has 0 saturated heterocycles. The topological polar surface area (TPSA) is 78.6 Å². The molecular weight excluding hydrogens is 519 g/mol. The molecule has 0 bridgehead atoms. The number of carbonyl (C=O) groups is 1. The van der Waals surface area contributed by atoms with E-state index >= 15 is 8.78 Å². The molecule has 0 aliphatic carbocycles. The number of hydrogen-bond donors (Lipinski definition) is 0. The molecule has 13 heteroatoms. The van der Waals surface area contributed by atoms with Gasteiger partial charge in [-0.1, -0.05) is 6.07 Å². The SMILES string of the molecule is CCOC(=O)c1cc2c(nc1C(F)(F)F)nn1c(-c3c(F)cc(OC)cc3F)cc(-c3cccs3)nc21. The number of carbonyl (C=O) groups excluding carboxylic acids is 1. The number of thiophene rings is 1. The van der Waals surface area contributed by atoms with Gasteiger partial charge in [-0.25, -0.2) is 28.1 Å². The number of halogens is 5. The number of hydrogen-bond acceptors (Lipinski definition) is 7. The van der Waals surface area contributed by atoms with Gasteiger partial charge < -0.3 is 9.47 Å². The molecule has 4 heterocycles. The zero-order chi connectivity index (χ0) is 26.5. The van der Waals surface area contributed by atoms with Crippen molar-refractivity contribution in [2.45, 2.75) is 13.1 Å². The number of methoxy groups -OCH3 is 1. The third-order valence-corrected chi connectivity index (χ3v) is 6.30. The Bertz CT molecular complexity index is 1640. The molecule has 0 amide bonds. The number of alkyl halides is 3. The first-order chi connectivity index (χ1) is 17.6. The smallest absolute Gasteiger partial charge is 0.434 e. The number of ether oxygens (including phenoxy) is 2. The van der Waals surface area contributed by atoms with Gasteiger partial charge in [-0.2, -0.15) is 13.2 Å². The average Bonchev–Trinajstić information content (AvgIpc) is 3.50. The Balaban J connectivity index is 1.89. The Labute approximate surface area is 209 Å². The molecule has 5 rings (SSSR count). The van der Waals surface area contributed by atoms with Crippen LogP contribution in [0.25, 0.3) is 38.5 Å². The lowest BCUT2D eigenvalue weighted by molar-refractivity contribution is -0.141. The summed E-state index contributed by atoms with van der Waals surface area (Å²) < 4.78 is 82.2. The number of fused-ring (bicyclic) bond motifs is 3. The highest BCUT2D eigenvalue weighted by Gasteiger charge is 2.39. The van der Waals surface area contributed by atoms with E-state index in [0.29, 0.717) is 4.88 Å². The van der Waals surface area contributed by atoms with E-state index in [2.05, 4.69) is 15.1 Å². The standard InChI is InChI=1S/C24H15F5N4O3S/c1-3-36-23(34)12-9-13-21(31-20(12)24(27,28)29)32-33-17(19-14(25)7-11(35-2)8-15(19)26)10-16(30-22(13)33)18-5-4-6-37-18/h4-10H,3H2,1-2H3. The molecular formula is C24H15F5N4O3S. The third kappa shape index (κ3) is 4.24. The summed E-state index contributed by atoms with van der Waals surface area (Å²) in [4.78, 5) is 21.1. The van der Waals surface area contributed by atoms with Gasteiger partial charge in [0.2, 0.25) is 0 Å². The van der Waals surface area contributed by atoms with Crippen LogP contribution < -0.4 is 4.74 Å². The van der Waals surface area contributed by atoms with E-state index in [1.54, 1.807) is 17.5 Å². The second-order valence-corrected chi connectivity index (χ2v) is 8.63. The van der Waals surface area contributed by atoms with Crippen LogP contribution in [0, 0.1) is 11.6 Å². The molecule has 0 aliphatic heterocycles. The molecule has 1 aromatic carbocycles. The summed E-state index contributed by atoms with van der Waals surface area (Å²) in [5.41, 5.74) is -3.15. The lowest BCUT2D eigenvalue weighted by atomic mass is 10.1. The first kappa shape index (κ1) is 24.6. The van der Waals surface area contributed by atoms with Crippen molar-refractivity contribution in [3.05, 3.63) is 64.7 Å². The molecule has 7 nitrogen and oxygen atoms in total. The molecule has 0 saturated carbocycles. The molecule has 0 N–H and O–H groups in total. The van der Waals surface area contributed by atoms with Gasteiger partial charge in [0.1, 0.15) is 17.4 Å². The lowest BCUT2D eigenvalue weighted by Gasteiger charge is -2.11. The maximum atomic E-state index is 15.1. The lowest BCUT2D eigenvalue weighted by Crippen LogP contribution is -2.17. The van der Waals surface area contributed by atoms with Crippen LogP contribution >= 0.6 is 11.3 Å². The van der Waals surface area contributed by atoms with Crippen LogP contribution in [0.2, 0.25) is 0 Å². The molecule has 0 fully saturated rings. The number of benzene rings is 1. The van der Waals surface area contributed by atoms with Crippen LogP contribution in [0.15, 0.2) is 41.8 Å². The fourth-order valence-corrected chi connectivity index (χ4v) is 4.52. The van der Waals surface area contributed by atoms with Gasteiger partial charge in [-0.3, -0.25) is 0 Å². The minimum absolute atomic E-state index is 0.0370. The van der Waals surface area contributed by atoms with Crippen molar-refractivity contribution in [1.29, 1.82) is 0 Å². The minimum atomic E-state index is -5.00. The van der Waals surface area contributed by atoms with E-state index in [1.807, 2.05) is 0 Å². The third-order valence-electron chi connectivity index (χ3n) is 5.41. The Morgan fingerprint density at radius 1 is 1.11 bits per heavy atom. The van der Waals surface area contributed by atoms with Crippen LogP contribution in [0.3, 0.4) is 0 Å². The largest absolute Gasteiger partial charge is 0.497 e. The predicted molar refractivity (Wildman–Crippen MR) is 124 cm³/mol. The van der Waals surface area contributed by atoms with Crippen molar-refractivity contribution in [2.24, 2.45) is 0 Å². The van der Waals surface area contributed by atoms with E-state index in [1.165, 1.54) is 31.4 Å². The maximum Gasteiger partial charge on any atom is 0.434 e. The highest BCUT2D eigenvalue weighted by atomic mass is 32.1. The van der Waals surface area contributed by atoms with Crippen molar-refractivity contribution in [2.75, 3.05) is 13.7 Å². The number of esters is 1. The summed E-state index contributed by atoms with van der Waals surface area (Å²) in [6, 6.07) is 7.70. The Kier molecular flexibility index (Phi) is 6.02. The first-order valence-corrected chi connectivity index (χ1v) is 11.6. The van der Waals surface area contributed by atoms with Gasteiger partial charge in [0.25, 0.3) is 0 Å².